The summed E-state index contributed by atoms with van der Waals surface area (Å²) in [5.41, 5.74) is 3.32. The molecule has 0 amide bonds. The number of fused-ring (bicyclic) bond motifs is 1. The van der Waals surface area contributed by atoms with E-state index in [1.165, 1.54) is 10.3 Å². The van der Waals surface area contributed by atoms with Gasteiger partial charge in [0.2, 0.25) is 5.56 Å². The number of hydrogen-bond acceptors (Lipinski definition) is 6. The second kappa shape index (κ2) is 6.48. The highest BCUT2D eigenvalue weighted by atomic mass is 32.1. The van der Waals surface area contributed by atoms with Crippen LogP contribution in [0.1, 0.15) is 18.3 Å². The summed E-state index contributed by atoms with van der Waals surface area (Å²) in [6, 6.07) is 3.47. The fourth-order valence-corrected chi connectivity index (χ4v) is 4.22. The van der Waals surface area contributed by atoms with Gasteiger partial charge < -0.3 is 14.8 Å². The fourth-order valence-electron chi connectivity index (χ4n) is 3.21. The van der Waals surface area contributed by atoms with Crippen molar-refractivity contribution >= 4 is 33.1 Å². The largest absolute Gasteiger partial charge is 0.367 e. The van der Waals surface area contributed by atoms with E-state index in [4.69, 9.17) is 9.97 Å². The first-order valence-corrected chi connectivity index (χ1v) is 9.47. The number of thiophene rings is 1. The monoisotopic (exact) mass is 355 g/mol. The smallest absolute Gasteiger partial charge is 0.248 e. The number of rotatable bonds is 3. The van der Waals surface area contributed by atoms with Crippen molar-refractivity contribution in [3.8, 4) is 0 Å². The standard InChI is InChI=1S/C18H21N5OS/c1-3-14-20-16-12(2)11-25-17(16)18(21-14)23-8-6-22(7-9-23)13-4-5-15(24)19-10-13/h4-5,10-11H,3,6-9H2,1-2H3,(H,19,24). The number of pyridine rings is 1. The second-order valence-corrected chi connectivity index (χ2v) is 7.18. The fraction of sp³-hybridized carbons (Fsp3) is 0.389. The van der Waals surface area contributed by atoms with Crippen molar-refractivity contribution in [2.75, 3.05) is 36.0 Å². The number of anilines is 2. The van der Waals surface area contributed by atoms with Crippen molar-refractivity contribution in [3.63, 3.8) is 0 Å². The lowest BCUT2D eigenvalue weighted by atomic mass is 10.2. The maximum absolute atomic E-state index is 11.2. The molecule has 1 aliphatic rings. The number of piperazine rings is 1. The molecule has 0 saturated carbocycles. The summed E-state index contributed by atoms with van der Waals surface area (Å²) in [4.78, 5) is 28.2. The van der Waals surface area contributed by atoms with Crippen LogP contribution in [0.25, 0.3) is 10.2 Å². The van der Waals surface area contributed by atoms with Crippen LogP contribution in [0.5, 0.6) is 0 Å². The molecule has 0 spiro atoms. The lowest BCUT2D eigenvalue weighted by molar-refractivity contribution is 0.646. The molecule has 1 fully saturated rings. The van der Waals surface area contributed by atoms with E-state index in [0.717, 1.165) is 55.4 Å². The summed E-state index contributed by atoms with van der Waals surface area (Å²) >= 11 is 1.73. The molecule has 0 aliphatic carbocycles. The van der Waals surface area contributed by atoms with E-state index >= 15 is 0 Å². The third kappa shape index (κ3) is 3.00. The molecule has 6 nitrogen and oxygen atoms in total. The molecule has 3 aromatic rings. The third-order valence-corrected chi connectivity index (χ3v) is 5.73. The molecule has 25 heavy (non-hydrogen) atoms. The van der Waals surface area contributed by atoms with Crippen molar-refractivity contribution in [1.29, 1.82) is 0 Å². The Kier molecular flexibility index (Phi) is 4.17. The normalized spacial score (nSPS) is 15.1. The van der Waals surface area contributed by atoms with Crippen LogP contribution in [0.3, 0.4) is 0 Å². The number of H-pyrrole nitrogens is 1. The Morgan fingerprint density at radius 3 is 2.60 bits per heavy atom. The van der Waals surface area contributed by atoms with Gasteiger partial charge in [-0.25, -0.2) is 9.97 Å². The minimum Gasteiger partial charge on any atom is -0.367 e. The number of aryl methyl sites for hydroxylation is 2. The molecule has 0 aromatic carbocycles. The van der Waals surface area contributed by atoms with Crippen molar-refractivity contribution in [2.45, 2.75) is 20.3 Å². The molecule has 4 rings (SSSR count). The topological polar surface area (TPSA) is 65.1 Å². The van der Waals surface area contributed by atoms with E-state index in [9.17, 15) is 4.79 Å². The molecular weight excluding hydrogens is 334 g/mol. The maximum atomic E-state index is 11.2. The average Bonchev–Trinajstić information content (AvgIpc) is 3.03. The van der Waals surface area contributed by atoms with Gasteiger partial charge in [-0.3, -0.25) is 4.79 Å². The molecule has 1 aliphatic heterocycles. The summed E-state index contributed by atoms with van der Waals surface area (Å²) in [5.74, 6) is 1.98. The zero-order chi connectivity index (χ0) is 17.4. The highest BCUT2D eigenvalue weighted by Gasteiger charge is 2.22. The van der Waals surface area contributed by atoms with Crippen molar-refractivity contribution in [2.24, 2.45) is 0 Å². The Labute approximate surface area is 150 Å². The van der Waals surface area contributed by atoms with Crippen LogP contribution in [0.4, 0.5) is 11.5 Å². The molecule has 0 unspecified atom stereocenters. The van der Waals surface area contributed by atoms with Gasteiger partial charge in [0.15, 0.2) is 5.82 Å². The van der Waals surface area contributed by atoms with Gasteiger partial charge in [0.25, 0.3) is 0 Å². The summed E-state index contributed by atoms with van der Waals surface area (Å²) < 4.78 is 1.19. The summed E-state index contributed by atoms with van der Waals surface area (Å²) in [6.07, 6.45) is 2.63. The molecule has 0 bridgehead atoms. The summed E-state index contributed by atoms with van der Waals surface area (Å²) in [5, 5.41) is 2.17. The van der Waals surface area contributed by atoms with E-state index in [-0.39, 0.29) is 5.56 Å². The highest BCUT2D eigenvalue weighted by Crippen LogP contribution is 2.32. The Hall–Kier alpha value is -2.41. The van der Waals surface area contributed by atoms with Crippen LogP contribution in [0, 0.1) is 6.92 Å². The molecule has 130 valence electrons. The van der Waals surface area contributed by atoms with Crippen LogP contribution in [0.15, 0.2) is 28.5 Å². The van der Waals surface area contributed by atoms with E-state index < -0.39 is 0 Å². The zero-order valence-electron chi connectivity index (χ0n) is 14.5. The Morgan fingerprint density at radius 2 is 1.92 bits per heavy atom. The van der Waals surface area contributed by atoms with Crippen LogP contribution < -0.4 is 15.4 Å². The number of aromatic amines is 1. The molecule has 1 saturated heterocycles. The first-order valence-electron chi connectivity index (χ1n) is 8.59. The predicted octanol–water partition coefficient (Wildman–Crippen LogP) is 2.58. The molecule has 4 heterocycles. The lowest BCUT2D eigenvalue weighted by Gasteiger charge is -2.36. The van der Waals surface area contributed by atoms with Crippen LogP contribution in [-0.2, 0) is 6.42 Å². The van der Waals surface area contributed by atoms with Gasteiger partial charge in [-0.2, -0.15) is 0 Å². The van der Waals surface area contributed by atoms with Crippen molar-refractivity contribution < 1.29 is 0 Å². The quantitative estimate of drug-likeness (QED) is 0.782. The van der Waals surface area contributed by atoms with Gasteiger partial charge in [-0.1, -0.05) is 6.92 Å². The number of aromatic nitrogens is 3. The molecule has 0 atom stereocenters. The minimum atomic E-state index is -0.0640. The van der Waals surface area contributed by atoms with Crippen molar-refractivity contribution in [1.82, 2.24) is 15.0 Å². The van der Waals surface area contributed by atoms with Gasteiger partial charge >= 0.3 is 0 Å². The number of nitrogens with one attached hydrogen (secondary N) is 1. The molecular formula is C18H21N5OS. The zero-order valence-corrected chi connectivity index (χ0v) is 15.3. The van der Waals surface area contributed by atoms with E-state index in [1.54, 1.807) is 23.6 Å². The second-order valence-electron chi connectivity index (χ2n) is 6.30. The van der Waals surface area contributed by atoms with Gasteiger partial charge in [-0.15, -0.1) is 11.3 Å². The molecule has 3 aromatic heterocycles. The van der Waals surface area contributed by atoms with E-state index in [0.29, 0.717) is 0 Å². The summed E-state index contributed by atoms with van der Waals surface area (Å²) in [6.45, 7) is 7.84. The first kappa shape index (κ1) is 16.1. The van der Waals surface area contributed by atoms with Gasteiger partial charge in [0.05, 0.1) is 15.9 Å². The maximum Gasteiger partial charge on any atom is 0.248 e. The minimum absolute atomic E-state index is 0.0640. The highest BCUT2D eigenvalue weighted by molar-refractivity contribution is 7.18. The third-order valence-electron chi connectivity index (χ3n) is 4.65. The average molecular weight is 355 g/mol. The predicted molar refractivity (Wildman–Crippen MR) is 103 cm³/mol. The Morgan fingerprint density at radius 1 is 1.16 bits per heavy atom. The Balaban J connectivity index is 1.59. The van der Waals surface area contributed by atoms with Gasteiger partial charge in [0, 0.05) is 44.9 Å². The molecule has 0 radical (unpaired) electrons. The van der Waals surface area contributed by atoms with E-state index in [1.807, 2.05) is 6.07 Å². The summed E-state index contributed by atoms with van der Waals surface area (Å²) in [7, 11) is 0. The molecule has 7 heteroatoms. The van der Waals surface area contributed by atoms with Crippen LogP contribution >= 0.6 is 11.3 Å². The SMILES string of the molecule is CCc1nc(N2CCN(c3ccc(=O)[nH]c3)CC2)c2scc(C)c2n1. The number of nitrogens with zero attached hydrogens (tertiary/aromatic N) is 4. The number of hydrogen-bond donors (Lipinski definition) is 1. The van der Waals surface area contributed by atoms with E-state index in [2.05, 4.69) is 34.0 Å². The van der Waals surface area contributed by atoms with Crippen molar-refractivity contribution in [3.05, 3.63) is 45.5 Å². The lowest BCUT2D eigenvalue weighted by Crippen LogP contribution is -2.47. The van der Waals surface area contributed by atoms with Gasteiger partial charge in [-0.05, 0) is 23.9 Å². The Bertz CT molecular complexity index is 935. The van der Waals surface area contributed by atoms with Gasteiger partial charge in [0.1, 0.15) is 5.82 Å². The van der Waals surface area contributed by atoms with Crippen LogP contribution in [-0.4, -0.2) is 41.1 Å². The first-order chi connectivity index (χ1) is 12.2. The molecule has 1 N–H and O–H groups in total. The van der Waals surface area contributed by atoms with Crippen LogP contribution in [0.2, 0.25) is 0 Å².